The molecule has 1 atom stereocenters. The maximum atomic E-state index is 11.9. The number of benzene rings is 1. The van der Waals surface area contributed by atoms with Crippen molar-refractivity contribution in [2.45, 2.75) is 13.0 Å². The summed E-state index contributed by atoms with van der Waals surface area (Å²) in [4.78, 5) is 12.9. The lowest BCUT2D eigenvalue weighted by atomic mass is 10.3. The largest absolute Gasteiger partial charge is 0.494 e. The second-order valence-corrected chi connectivity index (χ2v) is 6.61. The molecule has 0 saturated carbocycles. The number of methoxy groups -OCH3 is 1. The van der Waals surface area contributed by atoms with E-state index in [1.807, 2.05) is 19.1 Å². The molecule has 7 heteroatoms. The van der Waals surface area contributed by atoms with E-state index in [4.69, 9.17) is 25.8 Å². The Labute approximate surface area is 150 Å². The van der Waals surface area contributed by atoms with Crippen LogP contribution in [0.2, 0.25) is 4.34 Å². The van der Waals surface area contributed by atoms with E-state index in [0.29, 0.717) is 23.2 Å². The van der Waals surface area contributed by atoms with E-state index >= 15 is 0 Å². The molecule has 2 rings (SSSR count). The molecule has 0 radical (unpaired) electrons. The first-order chi connectivity index (χ1) is 11.6. The van der Waals surface area contributed by atoms with Gasteiger partial charge in [0.25, 0.3) is 5.91 Å². The van der Waals surface area contributed by atoms with Crippen LogP contribution in [0.3, 0.4) is 0 Å². The molecule has 1 N–H and O–H groups in total. The van der Waals surface area contributed by atoms with E-state index in [2.05, 4.69) is 5.32 Å². The molecule has 0 bridgehead atoms. The van der Waals surface area contributed by atoms with Gasteiger partial charge in [-0.2, -0.15) is 0 Å². The molecule has 1 aromatic heterocycles. The Kier molecular flexibility index (Phi) is 7.36. The molecule has 24 heavy (non-hydrogen) atoms. The Morgan fingerprint density at radius 3 is 2.38 bits per heavy atom. The molecule has 1 heterocycles. The highest BCUT2D eigenvalue weighted by molar-refractivity contribution is 7.16. The average Bonchev–Trinajstić information content (AvgIpc) is 3.01. The van der Waals surface area contributed by atoms with Crippen LogP contribution in [-0.2, 0) is 9.53 Å². The number of carbonyl (C=O) groups excluding carboxylic acids is 1. The van der Waals surface area contributed by atoms with Crippen LogP contribution >= 0.6 is 22.9 Å². The predicted molar refractivity (Wildman–Crippen MR) is 95.2 cm³/mol. The molecule has 5 nitrogen and oxygen atoms in total. The third-order valence-electron chi connectivity index (χ3n) is 3.19. The second-order valence-electron chi connectivity index (χ2n) is 4.86. The van der Waals surface area contributed by atoms with Crippen LogP contribution < -0.4 is 14.8 Å². The SMILES string of the molecule is CCOc1ccc(OCC(=O)NCC(OC)c2ccc(Cl)s2)cc1. The van der Waals surface area contributed by atoms with Gasteiger partial charge in [0.05, 0.1) is 10.9 Å². The number of hydrogen-bond donors (Lipinski definition) is 1. The first-order valence-corrected chi connectivity index (χ1v) is 8.72. The molecule has 130 valence electrons. The van der Waals surface area contributed by atoms with E-state index in [1.54, 1.807) is 31.4 Å². The smallest absolute Gasteiger partial charge is 0.258 e. The van der Waals surface area contributed by atoms with Crippen LogP contribution in [0.25, 0.3) is 0 Å². The number of carbonyl (C=O) groups is 1. The Balaban J connectivity index is 1.76. The van der Waals surface area contributed by atoms with Gasteiger partial charge in [-0.05, 0) is 43.3 Å². The summed E-state index contributed by atoms with van der Waals surface area (Å²) in [5.41, 5.74) is 0. The highest BCUT2D eigenvalue weighted by Gasteiger charge is 2.14. The molecule has 0 aliphatic heterocycles. The van der Waals surface area contributed by atoms with E-state index in [9.17, 15) is 4.79 Å². The summed E-state index contributed by atoms with van der Waals surface area (Å²) < 4.78 is 16.9. The first kappa shape index (κ1) is 18.6. The van der Waals surface area contributed by atoms with Gasteiger partial charge in [0.2, 0.25) is 0 Å². The summed E-state index contributed by atoms with van der Waals surface area (Å²) in [7, 11) is 1.60. The van der Waals surface area contributed by atoms with Crippen molar-refractivity contribution >= 4 is 28.8 Å². The molecular weight excluding hydrogens is 350 g/mol. The van der Waals surface area contributed by atoms with Crippen LogP contribution in [0.4, 0.5) is 0 Å². The third kappa shape index (κ3) is 5.70. The summed E-state index contributed by atoms with van der Waals surface area (Å²) in [6, 6.07) is 10.8. The van der Waals surface area contributed by atoms with Crippen molar-refractivity contribution in [3.05, 3.63) is 45.6 Å². The fourth-order valence-electron chi connectivity index (χ4n) is 2.01. The Hall–Kier alpha value is -1.76. The van der Waals surface area contributed by atoms with Crippen LogP contribution in [0, 0.1) is 0 Å². The number of hydrogen-bond acceptors (Lipinski definition) is 5. The minimum absolute atomic E-state index is 0.0599. The lowest BCUT2D eigenvalue weighted by molar-refractivity contribution is -0.123. The number of amides is 1. The number of nitrogens with one attached hydrogen (secondary N) is 1. The summed E-state index contributed by atoms with van der Waals surface area (Å²) in [5.74, 6) is 1.17. The Bertz CT molecular complexity index is 644. The number of ether oxygens (including phenoxy) is 3. The van der Waals surface area contributed by atoms with Gasteiger partial charge in [-0.1, -0.05) is 11.6 Å². The van der Waals surface area contributed by atoms with E-state index in [-0.39, 0.29) is 18.6 Å². The molecule has 1 aromatic carbocycles. The number of halogens is 1. The van der Waals surface area contributed by atoms with E-state index < -0.39 is 0 Å². The molecule has 0 spiro atoms. The second kappa shape index (κ2) is 9.52. The molecule has 0 aliphatic carbocycles. The standard InChI is InChI=1S/C17H20ClNO4S/c1-3-22-12-4-6-13(7-5-12)23-11-17(20)19-10-14(21-2)15-8-9-16(18)24-15/h4-9,14H,3,10-11H2,1-2H3,(H,19,20). The first-order valence-electron chi connectivity index (χ1n) is 7.52. The molecule has 0 saturated heterocycles. The van der Waals surface area contributed by atoms with Gasteiger partial charge >= 0.3 is 0 Å². The molecule has 0 aliphatic rings. The average molecular weight is 370 g/mol. The zero-order chi connectivity index (χ0) is 17.4. The van der Waals surface area contributed by atoms with Crippen molar-refractivity contribution in [2.24, 2.45) is 0 Å². The van der Waals surface area contributed by atoms with E-state index in [0.717, 1.165) is 10.6 Å². The van der Waals surface area contributed by atoms with Crippen molar-refractivity contribution < 1.29 is 19.0 Å². The minimum atomic E-state index is -0.225. The monoisotopic (exact) mass is 369 g/mol. The van der Waals surface area contributed by atoms with E-state index in [1.165, 1.54) is 11.3 Å². The van der Waals surface area contributed by atoms with Gasteiger partial charge < -0.3 is 19.5 Å². The van der Waals surface area contributed by atoms with Crippen molar-refractivity contribution in [2.75, 3.05) is 26.9 Å². The van der Waals surface area contributed by atoms with Crippen molar-refractivity contribution in [3.8, 4) is 11.5 Å². The predicted octanol–water partition coefficient (Wildman–Crippen LogP) is 3.68. The quantitative estimate of drug-likeness (QED) is 0.732. The summed E-state index contributed by atoms with van der Waals surface area (Å²) >= 11 is 7.35. The maximum absolute atomic E-state index is 11.9. The molecule has 0 fully saturated rings. The fraction of sp³-hybridized carbons (Fsp3) is 0.353. The molecule has 1 unspecified atom stereocenters. The zero-order valence-electron chi connectivity index (χ0n) is 13.6. The molecular formula is C17H20ClNO4S. The fourth-order valence-corrected chi connectivity index (χ4v) is 3.15. The van der Waals surface area contributed by atoms with Crippen LogP contribution in [0.5, 0.6) is 11.5 Å². The van der Waals surface area contributed by atoms with Gasteiger partial charge in [-0.3, -0.25) is 4.79 Å². The van der Waals surface area contributed by atoms with Gasteiger partial charge in [0.1, 0.15) is 17.6 Å². The topological polar surface area (TPSA) is 56.8 Å². The Morgan fingerprint density at radius 1 is 1.17 bits per heavy atom. The van der Waals surface area contributed by atoms with Gasteiger partial charge in [-0.15, -0.1) is 11.3 Å². The van der Waals surface area contributed by atoms with Crippen molar-refractivity contribution in [1.82, 2.24) is 5.32 Å². The number of thiophene rings is 1. The van der Waals surface area contributed by atoms with Crippen molar-refractivity contribution in [1.29, 1.82) is 0 Å². The van der Waals surface area contributed by atoms with Gasteiger partial charge in [0.15, 0.2) is 6.61 Å². The van der Waals surface area contributed by atoms with Gasteiger partial charge in [0, 0.05) is 18.5 Å². The van der Waals surface area contributed by atoms with Crippen LogP contribution in [0.1, 0.15) is 17.9 Å². The van der Waals surface area contributed by atoms with Crippen LogP contribution in [-0.4, -0.2) is 32.8 Å². The summed E-state index contributed by atoms with van der Waals surface area (Å²) in [5, 5.41) is 2.79. The zero-order valence-corrected chi connectivity index (χ0v) is 15.2. The number of rotatable bonds is 9. The molecule has 1 amide bonds. The third-order valence-corrected chi connectivity index (χ3v) is 4.51. The Morgan fingerprint density at radius 2 is 1.83 bits per heavy atom. The highest BCUT2D eigenvalue weighted by Crippen LogP contribution is 2.28. The van der Waals surface area contributed by atoms with Crippen LogP contribution in [0.15, 0.2) is 36.4 Å². The van der Waals surface area contributed by atoms with Gasteiger partial charge in [-0.25, -0.2) is 0 Å². The molecule has 2 aromatic rings. The maximum Gasteiger partial charge on any atom is 0.258 e. The van der Waals surface area contributed by atoms with Crippen molar-refractivity contribution in [3.63, 3.8) is 0 Å². The summed E-state index contributed by atoms with van der Waals surface area (Å²) in [6.45, 7) is 2.83. The minimum Gasteiger partial charge on any atom is -0.494 e. The lowest BCUT2D eigenvalue weighted by Crippen LogP contribution is -2.32. The highest BCUT2D eigenvalue weighted by atomic mass is 35.5. The lowest BCUT2D eigenvalue weighted by Gasteiger charge is -2.15. The normalized spacial score (nSPS) is 11.8. The summed E-state index contributed by atoms with van der Waals surface area (Å²) in [6.07, 6.45) is -0.225.